The second-order valence-corrected chi connectivity index (χ2v) is 5.61. The van der Waals surface area contributed by atoms with Crippen LogP contribution in [0.3, 0.4) is 0 Å². The van der Waals surface area contributed by atoms with Crippen LogP contribution in [0.4, 0.5) is 0 Å². The number of hydrogen-bond acceptors (Lipinski definition) is 5. The van der Waals surface area contributed by atoms with Crippen LogP contribution in [0.5, 0.6) is 0 Å². The standard InChI is InChI=1S/C8H18N2O4S/c1-7(11)5-9-3-4-10-8(12)6-15(2,13)14/h7,9,11H,3-6H2,1-2H3,(H,10,12). The van der Waals surface area contributed by atoms with Crippen LogP contribution in [-0.2, 0) is 14.6 Å². The highest BCUT2D eigenvalue weighted by Crippen LogP contribution is 1.81. The van der Waals surface area contributed by atoms with Crippen molar-refractivity contribution < 1.29 is 18.3 Å². The van der Waals surface area contributed by atoms with Gasteiger partial charge in [-0.1, -0.05) is 0 Å². The summed E-state index contributed by atoms with van der Waals surface area (Å²) in [6.45, 7) is 2.94. The molecule has 1 unspecified atom stereocenters. The summed E-state index contributed by atoms with van der Waals surface area (Å²) in [6, 6.07) is 0. The first-order chi connectivity index (χ1) is 6.81. The van der Waals surface area contributed by atoms with Crippen LogP contribution in [0.15, 0.2) is 0 Å². The number of carbonyl (C=O) groups excluding carboxylic acids is 1. The molecule has 0 heterocycles. The molecule has 90 valence electrons. The summed E-state index contributed by atoms with van der Waals surface area (Å²) < 4.78 is 21.4. The molecule has 0 rings (SSSR count). The molecule has 3 N–H and O–H groups in total. The molecule has 0 aromatic rings. The van der Waals surface area contributed by atoms with E-state index in [1.807, 2.05) is 0 Å². The molecule has 1 atom stereocenters. The van der Waals surface area contributed by atoms with Crippen LogP contribution < -0.4 is 10.6 Å². The van der Waals surface area contributed by atoms with Crippen molar-refractivity contribution in [3.63, 3.8) is 0 Å². The van der Waals surface area contributed by atoms with Gasteiger partial charge in [0.05, 0.1) is 6.10 Å². The summed E-state index contributed by atoms with van der Waals surface area (Å²) in [7, 11) is -3.25. The molecule has 0 spiro atoms. The molecule has 15 heavy (non-hydrogen) atoms. The quantitative estimate of drug-likeness (QED) is 0.451. The molecule has 7 heteroatoms. The van der Waals surface area contributed by atoms with E-state index in [0.29, 0.717) is 19.6 Å². The van der Waals surface area contributed by atoms with Gasteiger partial charge < -0.3 is 15.7 Å². The summed E-state index contributed by atoms with van der Waals surface area (Å²) in [5.74, 6) is -0.986. The molecule has 6 nitrogen and oxygen atoms in total. The Morgan fingerprint density at radius 2 is 2.00 bits per heavy atom. The normalized spacial score (nSPS) is 13.5. The van der Waals surface area contributed by atoms with Gasteiger partial charge in [0.2, 0.25) is 5.91 Å². The van der Waals surface area contributed by atoms with Crippen molar-refractivity contribution in [2.75, 3.05) is 31.6 Å². The molecule has 0 aromatic carbocycles. The lowest BCUT2D eigenvalue weighted by molar-refractivity contribution is -0.118. The first-order valence-corrected chi connectivity index (χ1v) is 6.70. The third kappa shape index (κ3) is 11.3. The first-order valence-electron chi connectivity index (χ1n) is 4.64. The second kappa shape index (κ2) is 6.76. The van der Waals surface area contributed by atoms with Crippen molar-refractivity contribution in [3.05, 3.63) is 0 Å². The average Bonchev–Trinajstić information content (AvgIpc) is 1.99. The smallest absolute Gasteiger partial charge is 0.235 e. The van der Waals surface area contributed by atoms with Crippen molar-refractivity contribution in [2.45, 2.75) is 13.0 Å². The molecule has 0 saturated heterocycles. The van der Waals surface area contributed by atoms with Crippen molar-refractivity contribution in [3.8, 4) is 0 Å². The van der Waals surface area contributed by atoms with E-state index in [1.165, 1.54) is 0 Å². The Labute approximate surface area is 90.0 Å². The molecule has 0 bridgehead atoms. The minimum absolute atomic E-state index is 0.348. The lowest BCUT2D eigenvalue weighted by Gasteiger charge is -2.07. The Kier molecular flexibility index (Phi) is 6.46. The predicted molar refractivity (Wildman–Crippen MR) is 57.3 cm³/mol. The maximum absolute atomic E-state index is 11.0. The highest BCUT2D eigenvalue weighted by Gasteiger charge is 2.09. The van der Waals surface area contributed by atoms with Crippen LogP contribution in [0.1, 0.15) is 6.92 Å². The van der Waals surface area contributed by atoms with E-state index in [9.17, 15) is 13.2 Å². The number of aliphatic hydroxyl groups is 1. The van der Waals surface area contributed by atoms with E-state index < -0.39 is 27.6 Å². The monoisotopic (exact) mass is 238 g/mol. The Balaban J connectivity index is 3.48. The lowest BCUT2D eigenvalue weighted by atomic mass is 10.4. The predicted octanol–water partition coefficient (Wildman–Crippen LogP) is -1.88. The van der Waals surface area contributed by atoms with Crippen LogP contribution >= 0.6 is 0 Å². The van der Waals surface area contributed by atoms with Gasteiger partial charge in [-0.05, 0) is 6.92 Å². The van der Waals surface area contributed by atoms with Gasteiger partial charge in [-0.3, -0.25) is 4.79 Å². The molecule has 0 aliphatic rings. The summed E-state index contributed by atoms with van der Waals surface area (Å²) in [4.78, 5) is 11.0. The third-order valence-electron chi connectivity index (χ3n) is 1.46. The van der Waals surface area contributed by atoms with Crippen molar-refractivity contribution >= 4 is 15.7 Å². The maximum atomic E-state index is 11.0. The Morgan fingerprint density at radius 1 is 1.40 bits per heavy atom. The van der Waals surface area contributed by atoms with Crippen molar-refractivity contribution in [1.82, 2.24) is 10.6 Å². The van der Waals surface area contributed by atoms with Crippen molar-refractivity contribution in [1.29, 1.82) is 0 Å². The Bertz CT molecular complexity index is 287. The summed E-state index contributed by atoms with van der Waals surface area (Å²) >= 11 is 0. The van der Waals surface area contributed by atoms with Gasteiger partial charge in [0.15, 0.2) is 9.84 Å². The fourth-order valence-corrected chi connectivity index (χ4v) is 1.47. The van der Waals surface area contributed by atoms with Gasteiger partial charge in [0.1, 0.15) is 5.75 Å². The number of hydrogen-bond donors (Lipinski definition) is 3. The van der Waals surface area contributed by atoms with E-state index in [1.54, 1.807) is 6.92 Å². The first kappa shape index (κ1) is 14.3. The molecule has 0 radical (unpaired) electrons. The fourth-order valence-electron chi connectivity index (χ4n) is 0.890. The number of rotatable bonds is 7. The topological polar surface area (TPSA) is 95.5 Å². The summed E-state index contributed by atoms with van der Waals surface area (Å²) in [5.41, 5.74) is 0. The zero-order valence-electron chi connectivity index (χ0n) is 8.99. The average molecular weight is 238 g/mol. The highest BCUT2D eigenvalue weighted by atomic mass is 32.2. The molecule has 1 amide bonds. The number of sulfone groups is 1. The van der Waals surface area contributed by atoms with Crippen LogP contribution in [0.25, 0.3) is 0 Å². The van der Waals surface area contributed by atoms with E-state index in [-0.39, 0.29) is 0 Å². The molecule has 0 aliphatic heterocycles. The number of aliphatic hydroxyl groups excluding tert-OH is 1. The van der Waals surface area contributed by atoms with E-state index in [4.69, 9.17) is 5.11 Å². The molecule has 0 aliphatic carbocycles. The Hall–Kier alpha value is -0.660. The van der Waals surface area contributed by atoms with Gasteiger partial charge in [0.25, 0.3) is 0 Å². The second-order valence-electron chi connectivity index (χ2n) is 3.47. The largest absolute Gasteiger partial charge is 0.392 e. The number of carbonyl (C=O) groups is 1. The highest BCUT2D eigenvalue weighted by molar-refractivity contribution is 7.91. The molecule has 0 aromatic heterocycles. The van der Waals surface area contributed by atoms with Crippen molar-refractivity contribution in [2.24, 2.45) is 0 Å². The van der Waals surface area contributed by atoms with Crippen LogP contribution in [-0.4, -0.2) is 57.2 Å². The van der Waals surface area contributed by atoms with Crippen LogP contribution in [0, 0.1) is 0 Å². The van der Waals surface area contributed by atoms with E-state index in [2.05, 4.69) is 10.6 Å². The van der Waals surface area contributed by atoms with E-state index >= 15 is 0 Å². The SMILES string of the molecule is CC(O)CNCCNC(=O)CS(C)(=O)=O. The maximum Gasteiger partial charge on any atom is 0.235 e. The fraction of sp³-hybridized carbons (Fsp3) is 0.875. The minimum atomic E-state index is -3.25. The summed E-state index contributed by atoms with van der Waals surface area (Å²) in [6.07, 6.45) is 0.579. The zero-order chi connectivity index (χ0) is 11.9. The summed E-state index contributed by atoms with van der Waals surface area (Å²) in [5, 5.41) is 14.2. The minimum Gasteiger partial charge on any atom is -0.392 e. The lowest BCUT2D eigenvalue weighted by Crippen LogP contribution is -2.36. The van der Waals surface area contributed by atoms with Gasteiger partial charge in [0, 0.05) is 25.9 Å². The molecular weight excluding hydrogens is 220 g/mol. The van der Waals surface area contributed by atoms with Gasteiger partial charge >= 0.3 is 0 Å². The Morgan fingerprint density at radius 3 is 2.47 bits per heavy atom. The zero-order valence-corrected chi connectivity index (χ0v) is 9.80. The number of nitrogens with one attached hydrogen (secondary N) is 2. The van der Waals surface area contributed by atoms with Gasteiger partial charge in [-0.25, -0.2) is 8.42 Å². The molecule has 0 saturated carbocycles. The van der Waals surface area contributed by atoms with Gasteiger partial charge in [-0.2, -0.15) is 0 Å². The van der Waals surface area contributed by atoms with E-state index in [0.717, 1.165) is 6.26 Å². The third-order valence-corrected chi connectivity index (χ3v) is 2.24. The molecule has 0 fully saturated rings. The van der Waals surface area contributed by atoms with Gasteiger partial charge in [-0.15, -0.1) is 0 Å². The number of amides is 1. The van der Waals surface area contributed by atoms with Crippen LogP contribution in [0.2, 0.25) is 0 Å². The molecular formula is C8H18N2O4S.